The summed E-state index contributed by atoms with van der Waals surface area (Å²) in [6.07, 6.45) is 5.57. The highest BCUT2D eigenvalue weighted by atomic mass is 16.3. The van der Waals surface area contributed by atoms with E-state index in [1.54, 1.807) is 6.07 Å². The van der Waals surface area contributed by atoms with Gasteiger partial charge in [0.2, 0.25) is 0 Å². The van der Waals surface area contributed by atoms with E-state index in [-0.39, 0.29) is 12.1 Å². The smallest absolute Gasteiger partial charge is 0.320 e. The van der Waals surface area contributed by atoms with Gasteiger partial charge < -0.3 is 14.9 Å². The molecule has 1 aromatic rings. The van der Waals surface area contributed by atoms with Crippen LogP contribution in [0, 0.1) is 0 Å². The topological polar surface area (TPSA) is 43.8 Å². The van der Waals surface area contributed by atoms with E-state index in [4.69, 9.17) is 0 Å². The number of rotatable bonds is 0. The molecule has 3 aliphatic rings. The number of hydrogen-bond acceptors (Lipinski definition) is 2. The molecule has 2 unspecified atom stereocenters. The lowest BCUT2D eigenvalue weighted by molar-refractivity contribution is 0.110. The molecule has 2 amide bonds. The van der Waals surface area contributed by atoms with Gasteiger partial charge in [0.05, 0.1) is 6.04 Å². The summed E-state index contributed by atoms with van der Waals surface area (Å²) in [5.74, 6) is 0.859. The van der Waals surface area contributed by atoms with Gasteiger partial charge in [0, 0.05) is 19.6 Å². The van der Waals surface area contributed by atoms with E-state index in [2.05, 4.69) is 4.90 Å². The summed E-state index contributed by atoms with van der Waals surface area (Å²) in [6.45, 7) is 2.67. The second kappa shape index (κ2) is 4.93. The molecule has 2 saturated heterocycles. The second-order valence-electron chi connectivity index (χ2n) is 6.57. The molecule has 0 spiro atoms. The third kappa shape index (κ3) is 2.08. The monoisotopic (exact) mass is 286 g/mol. The van der Waals surface area contributed by atoms with Gasteiger partial charge >= 0.3 is 6.03 Å². The van der Waals surface area contributed by atoms with Gasteiger partial charge in [0.1, 0.15) is 5.75 Å². The molecule has 112 valence electrons. The van der Waals surface area contributed by atoms with Crippen LogP contribution in [0.4, 0.5) is 4.79 Å². The average molecular weight is 286 g/mol. The summed E-state index contributed by atoms with van der Waals surface area (Å²) < 4.78 is 0. The van der Waals surface area contributed by atoms with Gasteiger partial charge in [-0.1, -0.05) is 6.07 Å². The number of likely N-dealkylation sites (tertiary alicyclic amines) is 2. The number of hydrogen-bond donors (Lipinski definition) is 1. The van der Waals surface area contributed by atoms with Crippen LogP contribution >= 0.6 is 0 Å². The number of carbonyl (C=O) groups is 1. The first-order valence-electron chi connectivity index (χ1n) is 8.12. The Morgan fingerprint density at radius 2 is 1.90 bits per heavy atom. The maximum Gasteiger partial charge on any atom is 0.320 e. The zero-order valence-corrected chi connectivity index (χ0v) is 12.3. The Morgan fingerprint density at radius 3 is 2.71 bits per heavy atom. The molecule has 1 aliphatic carbocycles. The minimum atomic E-state index is 0.216. The molecule has 2 atom stereocenters. The van der Waals surface area contributed by atoms with E-state index < -0.39 is 0 Å². The zero-order chi connectivity index (χ0) is 14.4. The Hall–Kier alpha value is -1.71. The quantitative estimate of drug-likeness (QED) is 0.795. The lowest BCUT2D eigenvalue weighted by atomic mass is 9.95. The van der Waals surface area contributed by atoms with Crippen molar-refractivity contribution >= 4 is 6.03 Å². The van der Waals surface area contributed by atoms with Crippen LogP contribution < -0.4 is 0 Å². The van der Waals surface area contributed by atoms with Crippen molar-refractivity contribution < 1.29 is 9.90 Å². The Kier molecular flexibility index (Phi) is 3.05. The Balaban J connectivity index is 1.61. The van der Waals surface area contributed by atoms with E-state index in [0.717, 1.165) is 45.3 Å². The van der Waals surface area contributed by atoms with E-state index in [9.17, 15) is 9.90 Å². The molecule has 4 rings (SSSR count). The Morgan fingerprint density at radius 1 is 1.10 bits per heavy atom. The highest BCUT2D eigenvalue weighted by Crippen LogP contribution is 2.49. The van der Waals surface area contributed by atoms with Crippen molar-refractivity contribution in [2.45, 2.75) is 44.1 Å². The van der Waals surface area contributed by atoms with Gasteiger partial charge in [-0.25, -0.2) is 4.79 Å². The first-order valence-corrected chi connectivity index (χ1v) is 8.12. The first-order chi connectivity index (χ1) is 10.2. The van der Waals surface area contributed by atoms with Crippen molar-refractivity contribution in [3.8, 4) is 5.75 Å². The van der Waals surface area contributed by atoms with Crippen LogP contribution in [0.5, 0.6) is 5.75 Å². The number of phenols is 1. The van der Waals surface area contributed by atoms with E-state index in [1.807, 2.05) is 17.0 Å². The third-order valence-electron chi connectivity index (χ3n) is 5.34. The maximum absolute atomic E-state index is 12.8. The minimum absolute atomic E-state index is 0.216. The molecule has 2 fully saturated rings. The van der Waals surface area contributed by atoms with E-state index in [0.29, 0.717) is 11.7 Å². The van der Waals surface area contributed by atoms with Crippen LogP contribution in [0.25, 0.3) is 0 Å². The summed E-state index contributed by atoms with van der Waals surface area (Å²) in [5.41, 5.74) is 2.51. The fraction of sp³-hybridized carbons (Fsp3) is 0.588. The number of benzene rings is 1. The molecule has 2 heterocycles. The summed E-state index contributed by atoms with van der Waals surface area (Å²) in [7, 11) is 0. The second-order valence-corrected chi connectivity index (χ2v) is 6.57. The number of urea groups is 1. The third-order valence-corrected chi connectivity index (χ3v) is 5.34. The van der Waals surface area contributed by atoms with Crippen LogP contribution in [-0.4, -0.2) is 40.6 Å². The van der Waals surface area contributed by atoms with Gasteiger partial charge in [-0.05, 0) is 61.3 Å². The van der Waals surface area contributed by atoms with Gasteiger partial charge in [0.15, 0.2) is 0 Å². The molecule has 2 bridgehead atoms. The van der Waals surface area contributed by atoms with Gasteiger partial charge in [-0.2, -0.15) is 0 Å². The number of amides is 2. The molecule has 0 aromatic heterocycles. The molecule has 4 nitrogen and oxygen atoms in total. The van der Waals surface area contributed by atoms with Crippen LogP contribution in [0.3, 0.4) is 0 Å². The van der Waals surface area contributed by atoms with Crippen molar-refractivity contribution in [3.63, 3.8) is 0 Å². The van der Waals surface area contributed by atoms with Crippen LogP contribution in [0.15, 0.2) is 18.2 Å². The van der Waals surface area contributed by atoms with Crippen molar-refractivity contribution in [3.05, 3.63) is 29.3 Å². The number of fused-ring (bicyclic) bond motifs is 5. The fourth-order valence-corrected chi connectivity index (χ4v) is 4.26. The SMILES string of the molecule is O=C(N1CCCCC1)N1CCC2CC1c1ccc(O)cc12. The summed E-state index contributed by atoms with van der Waals surface area (Å²) in [4.78, 5) is 16.9. The molecular formula is C17H22N2O2. The highest BCUT2D eigenvalue weighted by Gasteiger charge is 2.42. The zero-order valence-electron chi connectivity index (χ0n) is 12.3. The average Bonchev–Trinajstić information content (AvgIpc) is 2.80. The van der Waals surface area contributed by atoms with Crippen LogP contribution in [0.2, 0.25) is 0 Å². The highest BCUT2D eigenvalue weighted by molar-refractivity contribution is 5.76. The van der Waals surface area contributed by atoms with E-state index in [1.165, 1.54) is 17.5 Å². The minimum Gasteiger partial charge on any atom is -0.508 e. The molecule has 4 heteroatoms. The van der Waals surface area contributed by atoms with Crippen molar-refractivity contribution in [2.24, 2.45) is 0 Å². The van der Waals surface area contributed by atoms with Crippen LogP contribution in [-0.2, 0) is 0 Å². The van der Waals surface area contributed by atoms with Crippen molar-refractivity contribution in [1.29, 1.82) is 0 Å². The number of piperidine rings is 2. The van der Waals surface area contributed by atoms with Gasteiger partial charge in [-0.15, -0.1) is 0 Å². The molecule has 1 N–H and O–H groups in total. The number of nitrogens with zero attached hydrogens (tertiary/aromatic N) is 2. The lowest BCUT2D eigenvalue weighted by Gasteiger charge is -2.39. The molecule has 21 heavy (non-hydrogen) atoms. The van der Waals surface area contributed by atoms with Crippen LogP contribution in [0.1, 0.15) is 55.2 Å². The first kappa shape index (κ1) is 13.0. The Labute approximate surface area is 125 Å². The van der Waals surface area contributed by atoms with Gasteiger partial charge in [0.25, 0.3) is 0 Å². The normalized spacial score (nSPS) is 27.6. The fourth-order valence-electron chi connectivity index (χ4n) is 4.26. The maximum atomic E-state index is 12.8. The lowest BCUT2D eigenvalue weighted by Crippen LogP contribution is -2.48. The number of carbonyl (C=O) groups excluding carboxylic acids is 1. The number of phenolic OH excluding ortho intramolecular Hbond substituents is 1. The van der Waals surface area contributed by atoms with Crippen molar-refractivity contribution in [1.82, 2.24) is 9.80 Å². The predicted molar refractivity (Wildman–Crippen MR) is 80.3 cm³/mol. The summed E-state index contributed by atoms with van der Waals surface area (Å²) in [6, 6.07) is 6.10. The van der Waals surface area contributed by atoms with Gasteiger partial charge in [-0.3, -0.25) is 0 Å². The molecule has 0 radical (unpaired) electrons. The van der Waals surface area contributed by atoms with E-state index >= 15 is 0 Å². The summed E-state index contributed by atoms with van der Waals surface area (Å²) in [5, 5.41) is 9.71. The predicted octanol–water partition coefficient (Wildman–Crippen LogP) is 3.23. The standard InChI is InChI=1S/C17H22N2O2/c20-13-4-5-14-15(11-13)12-6-9-19(16(14)10-12)17(21)18-7-2-1-3-8-18/h4-5,11-12,16,20H,1-3,6-10H2. The largest absolute Gasteiger partial charge is 0.508 e. The number of aromatic hydroxyl groups is 1. The molecule has 2 aliphatic heterocycles. The molecule has 0 saturated carbocycles. The Bertz CT molecular complexity index is 566. The summed E-state index contributed by atoms with van der Waals surface area (Å²) >= 11 is 0. The van der Waals surface area contributed by atoms with Crippen molar-refractivity contribution in [2.75, 3.05) is 19.6 Å². The molecular weight excluding hydrogens is 264 g/mol. The molecule has 1 aromatic carbocycles.